The molecule has 2 heterocycles. The number of hydrogen-bond donors (Lipinski definition) is 13. The fraction of sp³-hybridized carbons (Fsp3) is 0.521. The number of aliphatic imine (C=N–C) groups is 1. The molecular weight excluding hydrogens is 953 g/mol. The van der Waals surface area contributed by atoms with Gasteiger partial charge in [-0.15, -0.1) is 0 Å². The maximum Gasteiger partial charge on any atom is 0.326 e. The van der Waals surface area contributed by atoms with Crippen LogP contribution in [0, 0.1) is 5.92 Å². The zero-order valence-corrected chi connectivity index (χ0v) is 41.8. The van der Waals surface area contributed by atoms with Crippen molar-refractivity contribution in [1.29, 1.82) is 0 Å². The number of aliphatic hydroxyl groups excluding tert-OH is 1. The summed E-state index contributed by atoms with van der Waals surface area (Å²) < 4.78 is 0. The number of rotatable bonds is 28. The number of carbonyl (C=O) groups excluding carboxylic acids is 7. The van der Waals surface area contributed by atoms with Gasteiger partial charge in [-0.05, 0) is 86.3 Å². The fourth-order valence-electron chi connectivity index (χ4n) is 8.08. The molecule has 394 valence electrons. The van der Waals surface area contributed by atoms with Crippen molar-refractivity contribution in [2.24, 2.45) is 28.1 Å². The van der Waals surface area contributed by atoms with Gasteiger partial charge in [0.15, 0.2) is 5.96 Å². The number of carboxylic acid groups (broad SMARTS) is 1. The third-order valence-electron chi connectivity index (χ3n) is 12.5. The fourth-order valence-corrected chi connectivity index (χ4v) is 8.57. The van der Waals surface area contributed by atoms with Crippen LogP contribution in [0.4, 0.5) is 0 Å². The number of nitrogens with two attached hydrogens (primary N) is 3. The molecule has 7 amide bonds. The van der Waals surface area contributed by atoms with Gasteiger partial charge in [-0.3, -0.25) is 38.6 Å². The normalized spacial score (nSPS) is 16.6. The van der Waals surface area contributed by atoms with Crippen LogP contribution in [-0.4, -0.2) is 159 Å². The first kappa shape index (κ1) is 57.7. The molecule has 16 N–H and O–H groups in total. The Morgan fingerprint density at radius 3 is 2.11 bits per heavy atom. The summed E-state index contributed by atoms with van der Waals surface area (Å²) in [6.07, 6.45) is 5.10. The summed E-state index contributed by atoms with van der Waals surface area (Å²) in [6, 6.07) is 2.96. The predicted octanol–water partition coefficient (Wildman–Crippen LogP) is -1.16. The lowest BCUT2D eigenvalue weighted by Gasteiger charge is -2.29. The van der Waals surface area contributed by atoms with Crippen LogP contribution in [0.3, 0.4) is 0 Å². The zero-order chi connectivity index (χ0) is 53.1. The number of phenols is 1. The molecule has 0 aliphatic carbocycles. The van der Waals surface area contributed by atoms with Crippen LogP contribution in [0.15, 0.2) is 59.7 Å². The van der Waals surface area contributed by atoms with E-state index in [0.717, 1.165) is 10.9 Å². The average Bonchev–Trinajstić information content (AvgIpc) is 4.02. The van der Waals surface area contributed by atoms with E-state index < -0.39 is 108 Å². The number of carbonyl (C=O) groups is 8. The van der Waals surface area contributed by atoms with Gasteiger partial charge in [-0.1, -0.05) is 50.6 Å². The summed E-state index contributed by atoms with van der Waals surface area (Å²) in [7, 11) is 0. The monoisotopic (exact) mass is 1020 g/mol. The molecular formula is C48H70N12O11S. The number of benzene rings is 2. The van der Waals surface area contributed by atoms with Crippen molar-refractivity contribution in [2.75, 3.05) is 31.7 Å². The maximum atomic E-state index is 14.3. The molecule has 72 heavy (non-hydrogen) atoms. The molecule has 2 aromatic carbocycles. The van der Waals surface area contributed by atoms with Crippen molar-refractivity contribution in [2.45, 2.75) is 120 Å². The van der Waals surface area contributed by atoms with E-state index in [4.69, 9.17) is 17.2 Å². The van der Waals surface area contributed by atoms with Crippen molar-refractivity contribution in [1.82, 2.24) is 41.8 Å². The number of nitrogens with one attached hydrogen (secondary N) is 7. The number of fused-ring (bicyclic) bond motifs is 1. The van der Waals surface area contributed by atoms with E-state index in [9.17, 15) is 53.7 Å². The number of hydrogen-bond acceptors (Lipinski definition) is 13. The van der Waals surface area contributed by atoms with E-state index in [1.165, 1.54) is 47.9 Å². The van der Waals surface area contributed by atoms with E-state index in [1.54, 1.807) is 26.1 Å². The number of aromatic hydroxyl groups is 1. The quantitative estimate of drug-likeness (QED) is 0.0232. The lowest BCUT2D eigenvalue weighted by molar-refractivity contribution is -0.143. The SMILES string of the molecule is CC[C@@H](C)[C@@H](NC(=O)[C@@H](Cc1c[nH]c2ccccc12)NC(=O)[C@H](C)NC(=O)[C@@H](Cc1ccc(O)cc1)NC(=O)[C@@H](CO)NC(=O)[C@H]1CCCN1C(=O)[C@H](N)CCSC)C(=O)N[C@H](CCCN=C(N)N)C(=O)O. The second kappa shape index (κ2) is 28.2. The minimum Gasteiger partial charge on any atom is -0.508 e. The first-order valence-corrected chi connectivity index (χ1v) is 25.3. The number of carboxylic acids is 1. The first-order chi connectivity index (χ1) is 34.3. The van der Waals surface area contributed by atoms with Crippen LogP contribution in [-0.2, 0) is 51.2 Å². The maximum absolute atomic E-state index is 14.3. The molecule has 24 heteroatoms. The number of H-pyrrole nitrogens is 1. The second-order valence-electron chi connectivity index (χ2n) is 17.8. The number of aliphatic carboxylic acids is 1. The molecule has 0 bridgehead atoms. The summed E-state index contributed by atoms with van der Waals surface area (Å²) in [5.74, 6) is -6.72. The van der Waals surface area contributed by atoms with Gasteiger partial charge >= 0.3 is 5.97 Å². The third kappa shape index (κ3) is 16.9. The van der Waals surface area contributed by atoms with Gasteiger partial charge in [-0.2, -0.15) is 11.8 Å². The number of thioether (sulfide) groups is 1. The van der Waals surface area contributed by atoms with Gasteiger partial charge in [0.05, 0.1) is 12.6 Å². The predicted molar refractivity (Wildman–Crippen MR) is 271 cm³/mol. The van der Waals surface area contributed by atoms with Crippen LogP contribution in [0.5, 0.6) is 5.75 Å². The van der Waals surface area contributed by atoms with E-state index in [-0.39, 0.29) is 50.5 Å². The van der Waals surface area contributed by atoms with Crippen LogP contribution < -0.4 is 49.1 Å². The van der Waals surface area contributed by atoms with Crippen LogP contribution in [0.2, 0.25) is 0 Å². The average molecular weight is 1020 g/mol. The minimum absolute atomic E-state index is 0.0167. The Morgan fingerprint density at radius 2 is 1.46 bits per heavy atom. The molecule has 4 rings (SSSR count). The molecule has 0 saturated carbocycles. The van der Waals surface area contributed by atoms with Gasteiger partial charge in [0.25, 0.3) is 0 Å². The molecule has 23 nitrogen and oxygen atoms in total. The number of guanidine groups is 1. The number of para-hydroxylation sites is 1. The minimum atomic E-state index is -1.56. The molecule has 1 aliphatic heterocycles. The highest BCUT2D eigenvalue weighted by Gasteiger charge is 2.39. The van der Waals surface area contributed by atoms with E-state index in [0.29, 0.717) is 42.6 Å². The van der Waals surface area contributed by atoms with Crippen molar-refractivity contribution in [3.05, 3.63) is 65.9 Å². The zero-order valence-electron chi connectivity index (χ0n) is 41.0. The molecule has 0 unspecified atom stereocenters. The largest absolute Gasteiger partial charge is 0.508 e. The molecule has 1 saturated heterocycles. The number of nitrogens with zero attached hydrogens (tertiary/aromatic N) is 2. The highest BCUT2D eigenvalue weighted by Crippen LogP contribution is 2.22. The molecule has 3 aromatic rings. The molecule has 1 fully saturated rings. The number of aromatic nitrogens is 1. The van der Waals surface area contributed by atoms with Gasteiger partial charge in [-0.25, -0.2) is 4.79 Å². The molecule has 9 atom stereocenters. The van der Waals surface area contributed by atoms with Crippen molar-refractivity contribution in [3.8, 4) is 5.75 Å². The Bertz CT molecular complexity index is 2380. The van der Waals surface area contributed by atoms with Crippen LogP contribution in [0.1, 0.15) is 70.4 Å². The lowest BCUT2D eigenvalue weighted by atomic mass is 9.96. The Morgan fingerprint density at radius 1 is 0.819 bits per heavy atom. The van der Waals surface area contributed by atoms with Crippen LogP contribution >= 0.6 is 11.8 Å². The van der Waals surface area contributed by atoms with Gasteiger partial charge in [0.2, 0.25) is 41.4 Å². The van der Waals surface area contributed by atoms with Gasteiger partial charge in [0.1, 0.15) is 48.0 Å². The highest BCUT2D eigenvalue weighted by atomic mass is 32.2. The lowest BCUT2D eigenvalue weighted by Crippen LogP contribution is -2.61. The number of amides is 7. The summed E-state index contributed by atoms with van der Waals surface area (Å²) in [4.78, 5) is 117. The molecule has 0 radical (unpaired) electrons. The van der Waals surface area contributed by atoms with E-state index >= 15 is 0 Å². The summed E-state index contributed by atoms with van der Waals surface area (Å²) in [5.41, 5.74) is 18.7. The molecule has 1 aromatic heterocycles. The van der Waals surface area contributed by atoms with Crippen molar-refractivity contribution >= 4 is 75.9 Å². The first-order valence-electron chi connectivity index (χ1n) is 23.9. The number of phenolic OH excluding ortho intramolecular Hbond substituents is 1. The van der Waals surface area contributed by atoms with Gasteiger partial charge < -0.3 is 74.3 Å². The molecule has 1 aliphatic rings. The second-order valence-corrected chi connectivity index (χ2v) is 18.8. The topological polar surface area (TPSA) is 379 Å². The van der Waals surface area contributed by atoms with Crippen molar-refractivity contribution in [3.63, 3.8) is 0 Å². The number of aliphatic hydroxyl groups is 1. The van der Waals surface area contributed by atoms with E-state index in [2.05, 4.69) is 41.9 Å². The van der Waals surface area contributed by atoms with Crippen LogP contribution in [0.25, 0.3) is 10.9 Å². The smallest absolute Gasteiger partial charge is 0.326 e. The standard InChI is InChI=1S/C48H70N12O11S/c1-5-26(2)39(45(68)55-34(47(70)71)12-8-19-52-48(50)51)59-42(65)36(23-29-24-53-33-11-7-6-10-31(29)33)56-40(63)27(3)54-41(64)35(22-28-14-16-30(62)17-15-28)57-43(66)37(25-61)58-44(67)38-13-9-20-60(38)46(69)32(49)18-21-72-4/h6-7,10-11,14-17,24,26-27,32,34-39,53,61-62H,5,8-9,12-13,18-23,25,49H2,1-4H3,(H,54,64)(H,55,68)(H,56,63)(H,57,66)(H,58,67)(H,59,65)(H,70,71)(H4,50,51,52)/t26-,27+,32-,34-,35-,36-,37-,38-,39-/m1/s1. The summed E-state index contributed by atoms with van der Waals surface area (Å²) in [5, 5.41) is 46.4. The Labute approximate surface area is 422 Å². The Kier molecular flexibility index (Phi) is 22.6. The number of likely N-dealkylation sites (tertiary alicyclic amines) is 1. The summed E-state index contributed by atoms with van der Waals surface area (Å²) >= 11 is 1.53. The Hall–Kier alpha value is -6.92. The summed E-state index contributed by atoms with van der Waals surface area (Å²) in [6.45, 7) is 4.36. The highest BCUT2D eigenvalue weighted by molar-refractivity contribution is 7.98. The number of aromatic amines is 1. The van der Waals surface area contributed by atoms with E-state index in [1.807, 2.05) is 24.5 Å². The van der Waals surface area contributed by atoms with Gasteiger partial charge in [0, 0.05) is 43.0 Å². The third-order valence-corrected chi connectivity index (χ3v) is 13.1. The Balaban J connectivity index is 1.54. The molecule has 0 spiro atoms. The van der Waals surface area contributed by atoms with Crippen molar-refractivity contribution < 1.29 is 53.7 Å².